The topological polar surface area (TPSA) is 27.7 Å². The van der Waals surface area contributed by atoms with Gasteiger partial charge in [0.25, 0.3) is 0 Å². The molecule has 0 radical (unpaired) electrons. The molecule has 0 saturated carbocycles. The van der Waals surface area contributed by atoms with E-state index in [-0.39, 0.29) is 18.2 Å². The molecular weight excluding hydrogens is 362 g/mol. The number of hydrogen-bond donors (Lipinski definition) is 0. The molecule has 5 heteroatoms. The van der Waals surface area contributed by atoms with Gasteiger partial charge in [-0.25, -0.2) is 4.39 Å². The lowest BCUT2D eigenvalue weighted by Gasteiger charge is -2.20. The van der Waals surface area contributed by atoms with E-state index in [9.17, 15) is 4.39 Å². The molecule has 0 bridgehead atoms. The third kappa shape index (κ3) is 6.89. The summed E-state index contributed by atoms with van der Waals surface area (Å²) in [6.45, 7) is 4.71. The Kier molecular flexibility index (Phi) is 8.00. The van der Waals surface area contributed by atoms with Gasteiger partial charge in [0, 0.05) is 6.61 Å². The molecule has 2 atom stereocenters. The lowest BCUT2D eigenvalue weighted by Crippen LogP contribution is -2.26. The Morgan fingerprint density at radius 1 is 1.32 bits per heavy atom. The van der Waals surface area contributed by atoms with Crippen molar-refractivity contribution in [3.63, 3.8) is 0 Å². The highest BCUT2D eigenvalue weighted by atomic mass is 127. The second kappa shape index (κ2) is 9.28. The summed E-state index contributed by atoms with van der Waals surface area (Å²) in [5.41, 5.74) is 0. The molecule has 0 aromatic heterocycles. The van der Waals surface area contributed by atoms with Gasteiger partial charge in [0.2, 0.25) is 0 Å². The minimum Gasteiger partial charge on any atom is -0.491 e. The average molecular weight is 380 g/mol. The van der Waals surface area contributed by atoms with Gasteiger partial charge < -0.3 is 14.2 Å². The van der Waals surface area contributed by atoms with Crippen LogP contribution in [0, 0.1) is 5.82 Å². The Morgan fingerprint density at radius 3 is 2.58 bits per heavy atom. The van der Waals surface area contributed by atoms with E-state index in [1.54, 1.807) is 12.1 Å². The summed E-state index contributed by atoms with van der Waals surface area (Å²) in [7, 11) is 0. The third-order valence-electron chi connectivity index (χ3n) is 2.28. The molecule has 1 aromatic carbocycles. The van der Waals surface area contributed by atoms with Crippen molar-refractivity contribution in [1.29, 1.82) is 0 Å². The Morgan fingerprint density at radius 2 is 2.00 bits per heavy atom. The fourth-order valence-corrected chi connectivity index (χ4v) is 1.91. The first-order chi connectivity index (χ1) is 9.15. The van der Waals surface area contributed by atoms with Crippen LogP contribution in [-0.2, 0) is 9.47 Å². The summed E-state index contributed by atoms with van der Waals surface area (Å²) >= 11 is 2.12. The molecule has 0 N–H and O–H groups in total. The van der Waals surface area contributed by atoms with Crippen LogP contribution in [0.1, 0.15) is 13.8 Å². The van der Waals surface area contributed by atoms with Crippen LogP contribution < -0.4 is 4.74 Å². The van der Waals surface area contributed by atoms with Crippen LogP contribution in [0.5, 0.6) is 5.75 Å². The number of hydrogen-bond acceptors (Lipinski definition) is 3. The molecule has 0 aliphatic rings. The monoisotopic (exact) mass is 380 g/mol. The van der Waals surface area contributed by atoms with Crippen molar-refractivity contribution in [3.05, 3.63) is 40.2 Å². The molecule has 0 saturated heterocycles. The number of ether oxygens (including phenoxy) is 3. The maximum absolute atomic E-state index is 12.8. The van der Waals surface area contributed by atoms with Gasteiger partial charge in [-0.3, -0.25) is 0 Å². The summed E-state index contributed by atoms with van der Waals surface area (Å²) in [4.78, 5) is 0. The zero-order chi connectivity index (χ0) is 14.1. The van der Waals surface area contributed by atoms with Crippen LogP contribution in [0.4, 0.5) is 4.39 Å². The predicted molar refractivity (Wildman–Crippen MR) is 81.0 cm³/mol. The minimum atomic E-state index is -0.292. The Hall–Kier alpha value is -0.660. The van der Waals surface area contributed by atoms with Crippen LogP contribution in [0.25, 0.3) is 0 Å². The first-order valence-electron chi connectivity index (χ1n) is 6.08. The van der Waals surface area contributed by atoms with Crippen LogP contribution in [0.2, 0.25) is 0 Å². The summed E-state index contributed by atoms with van der Waals surface area (Å²) in [5.74, 6) is 0.332. The number of halogens is 2. The van der Waals surface area contributed by atoms with E-state index in [0.717, 1.165) is 0 Å². The van der Waals surface area contributed by atoms with E-state index in [2.05, 4.69) is 22.6 Å². The molecular formula is C14H18FIO3. The van der Waals surface area contributed by atoms with Crippen molar-refractivity contribution in [2.45, 2.75) is 26.2 Å². The van der Waals surface area contributed by atoms with Gasteiger partial charge in [-0.1, -0.05) is 22.6 Å². The highest BCUT2D eigenvalue weighted by Crippen LogP contribution is 2.13. The van der Waals surface area contributed by atoms with Crippen molar-refractivity contribution >= 4 is 22.6 Å². The molecule has 0 spiro atoms. The van der Waals surface area contributed by atoms with E-state index < -0.39 is 0 Å². The van der Waals surface area contributed by atoms with Crippen LogP contribution in [0.15, 0.2) is 34.4 Å². The summed E-state index contributed by atoms with van der Waals surface area (Å²) < 4.78 is 31.2. The van der Waals surface area contributed by atoms with Gasteiger partial charge in [0.05, 0.1) is 0 Å². The SMILES string of the molecule is CCOC(C)OC(C=CI)COc1ccc(F)cc1. The lowest BCUT2D eigenvalue weighted by molar-refractivity contribution is -0.151. The van der Waals surface area contributed by atoms with E-state index in [4.69, 9.17) is 14.2 Å². The maximum Gasteiger partial charge on any atom is 0.155 e. The zero-order valence-corrected chi connectivity index (χ0v) is 13.2. The van der Waals surface area contributed by atoms with Crippen molar-refractivity contribution in [3.8, 4) is 5.75 Å². The van der Waals surface area contributed by atoms with Gasteiger partial charge in [-0.05, 0) is 48.3 Å². The van der Waals surface area contributed by atoms with Gasteiger partial charge in [-0.15, -0.1) is 0 Å². The molecule has 0 amide bonds. The first-order valence-corrected chi connectivity index (χ1v) is 7.32. The second-order valence-electron chi connectivity index (χ2n) is 3.78. The largest absolute Gasteiger partial charge is 0.491 e. The molecule has 0 fully saturated rings. The Labute approximate surface area is 126 Å². The van der Waals surface area contributed by atoms with E-state index in [1.807, 2.05) is 24.0 Å². The molecule has 106 valence electrons. The van der Waals surface area contributed by atoms with Crippen molar-refractivity contribution in [1.82, 2.24) is 0 Å². The predicted octanol–water partition coefficient (Wildman–Crippen LogP) is 3.92. The van der Waals surface area contributed by atoms with Crippen LogP contribution in [-0.4, -0.2) is 25.6 Å². The third-order valence-corrected chi connectivity index (χ3v) is 2.70. The quantitative estimate of drug-likeness (QED) is 0.506. The van der Waals surface area contributed by atoms with Crippen molar-refractivity contribution in [2.75, 3.05) is 13.2 Å². The van der Waals surface area contributed by atoms with Gasteiger partial charge in [-0.2, -0.15) is 0 Å². The van der Waals surface area contributed by atoms with E-state index in [0.29, 0.717) is 19.0 Å². The molecule has 0 aliphatic heterocycles. The fourth-order valence-electron chi connectivity index (χ4n) is 1.45. The van der Waals surface area contributed by atoms with Crippen molar-refractivity contribution in [2.24, 2.45) is 0 Å². The lowest BCUT2D eigenvalue weighted by atomic mass is 10.3. The minimum absolute atomic E-state index is 0.205. The molecule has 1 rings (SSSR count). The van der Waals surface area contributed by atoms with Gasteiger partial charge in [0.1, 0.15) is 24.3 Å². The second-order valence-corrected chi connectivity index (χ2v) is 4.50. The summed E-state index contributed by atoms with van der Waals surface area (Å²) in [6, 6.07) is 5.91. The van der Waals surface area contributed by atoms with Crippen LogP contribution in [0.3, 0.4) is 0 Å². The number of benzene rings is 1. The van der Waals surface area contributed by atoms with Gasteiger partial charge >= 0.3 is 0 Å². The highest BCUT2D eigenvalue weighted by molar-refractivity contribution is 14.1. The molecule has 3 nitrogen and oxygen atoms in total. The standard InChI is InChI=1S/C14H18FIO3/c1-3-17-11(2)19-14(8-9-16)10-18-13-6-4-12(15)5-7-13/h4-9,11,14H,3,10H2,1-2H3. The fraction of sp³-hybridized carbons (Fsp3) is 0.429. The van der Waals surface area contributed by atoms with Crippen LogP contribution >= 0.6 is 22.6 Å². The number of rotatable bonds is 8. The maximum atomic E-state index is 12.8. The molecule has 0 aliphatic carbocycles. The van der Waals surface area contributed by atoms with E-state index >= 15 is 0 Å². The average Bonchev–Trinajstić information content (AvgIpc) is 2.38. The molecule has 19 heavy (non-hydrogen) atoms. The van der Waals surface area contributed by atoms with Crippen molar-refractivity contribution < 1.29 is 18.6 Å². The first kappa shape index (κ1) is 16.4. The molecule has 1 aromatic rings. The molecule has 0 heterocycles. The van der Waals surface area contributed by atoms with Gasteiger partial charge in [0.15, 0.2) is 6.29 Å². The zero-order valence-electron chi connectivity index (χ0n) is 11.0. The van der Waals surface area contributed by atoms with E-state index in [1.165, 1.54) is 12.1 Å². The Balaban J connectivity index is 2.47. The summed E-state index contributed by atoms with van der Waals surface area (Å²) in [5, 5.41) is 0. The smallest absolute Gasteiger partial charge is 0.155 e. The Bertz CT molecular complexity index is 381. The molecule has 2 unspecified atom stereocenters. The summed E-state index contributed by atoms with van der Waals surface area (Å²) in [6.07, 6.45) is 1.39. The highest BCUT2D eigenvalue weighted by Gasteiger charge is 2.11. The normalized spacial score (nSPS) is 14.5.